The van der Waals surface area contributed by atoms with E-state index in [-0.39, 0.29) is 7.43 Å². The Morgan fingerprint density at radius 2 is 1.00 bits per heavy atom. The number of rotatable bonds is 0. The Kier molecular flexibility index (Phi) is 7.81. The van der Waals surface area contributed by atoms with Crippen LogP contribution < -0.4 is 0 Å². The maximum atomic E-state index is 4.00. The van der Waals surface area contributed by atoms with Crippen LogP contribution in [0.2, 0.25) is 0 Å². The van der Waals surface area contributed by atoms with Crippen LogP contribution in [0.1, 0.15) is 18.6 Å². The highest BCUT2D eigenvalue weighted by molar-refractivity contribution is 5.19. The van der Waals surface area contributed by atoms with Gasteiger partial charge in [-0.1, -0.05) is 42.8 Å². The molecule has 60 valence electrons. The van der Waals surface area contributed by atoms with Crippen LogP contribution in [0.5, 0.6) is 0 Å². The van der Waals surface area contributed by atoms with Gasteiger partial charge in [-0.15, -0.1) is 12.8 Å². The molecule has 0 nitrogen and oxygen atoms in total. The van der Waals surface area contributed by atoms with E-state index < -0.39 is 0 Å². The maximum Gasteiger partial charge on any atom is -0.0398 e. The first-order valence-corrected chi connectivity index (χ1v) is 3.15. The molecule has 0 saturated heterocycles. The number of hydrogen-bond donors (Lipinski definition) is 0. The lowest BCUT2D eigenvalue weighted by Crippen LogP contribution is -1.70. The summed E-state index contributed by atoms with van der Waals surface area (Å²) in [4.78, 5) is 0. The van der Waals surface area contributed by atoms with Gasteiger partial charge in [-0.05, 0) is 13.8 Å². The molecule has 0 aliphatic heterocycles. The third kappa shape index (κ3) is 5.24. The van der Waals surface area contributed by atoms with E-state index in [9.17, 15) is 0 Å². The topological polar surface area (TPSA) is 0 Å². The first-order chi connectivity index (χ1) is 4.79. The quantitative estimate of drug-likeness (QED) is 0.496. The van der Waals surface area contributed by atoms with Gasteiger partial charge in [-0.25, -0.2) is 0 Å². The predicted molar refractivity (Wildman–Crippen MR) is 52.5 cm³/mol. The van der Waals surface area contributed by atoms with Crippen molar-refractivity contribution in [3.63, 3.8) is 0 Å². The molecule has 0 bridgehead atoms. The minimum Gasteiger partial charge on any atom is -0.124 e. The van der Waals surface area contributed by atoms with Gasteiger partial charge in [-0.3, -0.25) is 0 Å². The van der Waals surface area contributed by atoms with Crippen LogP contribution in [-0.4, -0.2) is 0 Å². The Hall–Kier alpha value is -1.22. The zero-order valence-electron chi connectivity index (χ0n) is 6.46. The van der Waals surface area contributed by atoms with Crippen LogP contribution in [0.15, 0.2) is 24.3 Å². The third-order valence-electron chi connectivity index (χ3n) is 1.22. The van der Waals surface area contributed by atoms with E-state index in [0.717, 1.165) is 0 Å². The Bertz CT molecular complexity index is 170. The molecule has 0 unspecified atom stereocenters. The summed E-state index contributed by atoms with van der Waals surface area (Å²) in [7, 11) is 0. The fourth-order valence-electron chi connectivity index (χ4n) is 0.637. The molecule has 0 aromatic heterocycles. The van der Waals surface area contributed by atoms with Crippen LogP contribution in [0.3, 0.4) is 0 Å². The summed E-state index contributed by atoms with van der Waals surface area (Å²) in [6, 6.07) is 8.48. The predicted octanol–water partition coefficient (Wildman–Crippen LogP) is 3.19. The van der Waals surface area contributed by atoms with Crippen LogP contribution in [0.4, 0.5) is 0 Å². The third-order valence-corrected chi connectivity index (χ3v) is 1.22. The second-order valence-electron chi connectivity index (χ2n) is 2.15. The molecule has 0 heteroatoms. The Morgan fingerprint density at radius 1 is 0.818 bits per heavy atom. The molecule has 0 amide bonds. The molecule has 0 spiro atoms. The fourth-order valence-corrected chi connectivity index (χ4v) is 0.637. The van der Waals surface area contributed by atoms with Crippen molar-refractivity contribution < 1.29 is 0 Å². The van der Waals surface area contributed by atoms with E-state index in [1.54, 1.807) is 0 Å². The van der Waals surface area contributed by atoms with Crippen molar-refractivity contribution >= 4 is 0 Å². The summed E-state index contributed by atoms with van der Waals surface area (Å²) < 4.78 is 0. The molecule has 0 aliphatic carbocycles. The lowest BCUT2D eigenvalue weighted by molar-refractivity contribution is 1.40. The molecule has 0 aliphatic rings. The molecule has 1 rings (SSSR count). The normalized spacial score (nSPS) is 6.91. The molecule has 11 heavy (non-hydrogen) atoms. The van der Waals surface area contributed by atoms with Crippen molar-refractivity contribution in [1.82, 2.24) is 0 Å². The lowest BCUT2D eigenvalue weighted by Gasteiger charge is -1.90. The molecule has 0 N–H and O–H groups in total. The molecule has 0 heterocycles. The van der Waals surface area contributed by atoms with E-state index in [0.29, 0.717) is 0 Å². The highest BCUT2D eigenvalue weighted by atomic mass is 13.9. The first kappa shape index (κ1) is 12.5. The average Bonchev–Trinajstić information content (AvgIpc) is 2.00. The molecule has 0 saturated carbocycles. The van der Waals surface area contributed by atoms with Crippen LogP contribution in [-0.2, 0) is 0 Å². The van der Waals surface area contributed by atoms with Gasteiger partial charge >= 0.3 is 0 Å². The van der Waals surface area contributed by atoms with Gasteiger partial charge in [-0.2, -0.15) is 0 Å². The van der Waals surface area contributed by atoms with Gasteiger partial charge in [0.2, 0.25) is 0 Å². The number of benzene rings is 1. The highest BCUT2D eigenvalue weighted by Gasteiger charge is 1.79. The maximum absolute atomic E-state index is 4.00. The molecule has 0 radical (unpaired) electrons. The monoisotopic (exact) mass is 148 g/mol. The van der Waals surface area contributed by atoms with Crippen molar-refractivity contribution in [2.45, 2.75) is 21.3 Å². The van der Waals surface area contributed by atoms with E-state index in [4.69, 9.17) is 0 Å². The molecular weight excluding hydrogens is 132 g/mol. The van der Waals surface area contributed by atoms with Crippen molar-refractivity contribution in [3.05, 3.63) is 35.4 Å². The Balaban J connectivity index is 0. The van der Waals surface area contributed by atoms with Gasteiger partial charge in [0.15, 0.2) is 0 Å². The molecule has 1 aromatic rings. The molecule has 0 fully saturated rings. The first-order valence-electron chi connectivity index (χ1n) is 3.15. The zero-order chi connectivity index (χ0) is 7.98. The second kappa shape index (κ2) is 6.89. The zero-order valence-corrected chi connectivity index (χ0v) is 6.46. The van der Waals surface area contributed by atoms with E-state index >= 15 is 0 Å². The average molecular weight is 148 g/mol. The Morgan fingerprint density at radius 3 is 1.18 bits per heavy atom. The Labute approximate surface area is 70.3 Å². The van der Waals surface area contributed by atoms with Crippen LogP contribution in [0, 0.1) is 26.7 Å². The van der Waals surface area contributed by atoms with E-state index in [1.807, 2.05) is 0 Å². The minimum absolute atomic E-state index is 0. The molecule has 1 aromatic carbocycles. The molecular formula is C11H16. The fraction of sp³-hybridized carbons (Fsp3) is 0.273. The number of hydrogen-bond acceptors (Lipinski definition) is 0. The van der Waals surface area contributed by atoms with Gasteiger partial charge in [0.05, 0.1) is 0 Å². The van der Waals surface area contributed by atoms with Crippen molar-refractivity contribution in [3.8, 4) is 12.8 Å². The number of terminal acetylenes is 1. The van der Waals surface area contributed by atoms with Crippen molar-refractivity contribution in [1.29, 1.82) is 0 Å². The SMILES string of the molecule is C.C#C.Cc1ccc(C)cc1. The second-order valence-corrected chi connectivity index (χ2v) is 2.15. The summed E-state index contributed by atoms with van der Waals surface area (Å²) in [5, 5.41) is 0. The lowest BCUT2D eigenvalue weighted by atomic mass is 10.2. The molecule has 0 atom stereocenters. The minimum atomic E-state index is 0. The summed E-state index contributed by atoms with van der Waals surface area (Å²) in [5.41, 5.74) is 2.66. The summed E-state index contributed by atoms with van der Waals surface area (Å²) in [5.74, 6) is 0. The summed E-state index contributed by atoms with van der Waals surface area (Å²) >= 11 is 0. The summed E-state index contributed by atoms with van der Waals surface area (Å²) in [6.45, 7) is 4.19. The summed E-state index contributed by atoms with van der Waals surface area (Å²) in [6.07, 6.45) is 8.00. The van der Waals surface area contributed by atoms with E-state index in [2.05, 4.69) is 51.0 Å². The van der Waals surface area contributed by atoms with Crippen LogP contribution in [0.25, 0.3) is 0 Å². The largest absolute Gasteiger partial charge is 0.124 e. The van der Waals surface area contributed by atoms with Gasteiger partial charge in [0.25, 0.3) is 0 Å². The van der Waals surface area contributed by atoms with Gasteiger partial charge < -0.3 is 0 Å². The van der Waals surface area contributed by atoms with Gasteiger partial charge in [0.1, 0.15) is 0 Å². The van der Waals surface area contributed by atoms with Gasteiger partial charge in [0, 0.05) is 0 Å². The van der Waals surface area contributed by atoms with E-state index in [1.165, 1.54) is 11.1 Å². The highest BCUT2D eigenvalue weighted by Crippen LogP contribution is 1.99. The smallest absolute Gasteiger partial charge is 0.0398 e. The van der Waals surface area contributed by atoms with Crippen molar-refractivity contribution in [2.75, 3.05) is 0 Å². The van der Waals surface area contributed by atoms with Crippen molar-refractivity contribution in [2.24, 2.45) is 0 Å². The standard InChI is InChI=1S/C8H10.C2H2.CH4/c1-7-3-5-8(2)6-4-7;1-2;/h3-6H,1-2H3;1-2H;1H4. The van der Waals surface area contributed by atoms with Crippen LogP contribution >= 0.6 is 0 Å². The number of aryl methyl sites for hydroxylation is 2.